The van der Waals surface area contributed by atoms with E-state index in [1.54, 1.807) is 6.20 Å². The highest BCUT2D eigenvalue weighted by molar-refractivity contribution is 6.08. The van der Waals surface area contributed by atoms with Crippen molar-refractivity contribution in [1.29, 1.82) is 0 Å². The average molecular weight is 368 g/mol. The second-order valence-corrected chi connectivity index (χ2v) is 7.42. The highest BCUT2D eigenvalue weighted by Gasteiger charge is 2.47. The molecule has 2 fully saturated rings. The molecule has 3 heterocycles. The van der Waals surface area contributed by atoms with Crippen LogP contribution in [0.4, 0.5) is 11.5 Å². The van der Waals surface area contributed by atoms with Crippen LogP contribution in [0.5, 0.6) is 0 Å². The maximum Gasteiger partial charge on any atom is 0.244 e. The van der Waals surface area contributed by atoms with Crippen molar-refractivity contribution < 1.29 is 14.4 Å². The largest absolute Gasteiger partial charge is 0.357 e. The van der Waals surface area contributed by atoms with E-state index in [-0.39, 0.29) is 36.1 Å². The van der Waals surface area contributed by atoms with Gasteiger partial charge in [-0.15, -0.1) is 0 Å². The molecule has 2 saturated heterocycles. The van der Waals surface area contributed by atoms with Gasteiger partial charge in [-0.05, 0) is 44.2 Å². The van der Waals surface area contributed by atoms with E-state index in [2.05, 4.69) is 15.2 Å². The fourth-order valence-electron chi connectivity index (χ4n) is 4.14. The summed E-state index contributed by atoms with van der Waals surface area (Å²) in [6.45, 7) is 1.78. The number of nitrogens with one attached hydrogen (secondary N) is 1. The van der Waals surface area contributed by atoms with Crippen LogP contribution in [0.3, 0.4) is 0 Å². The highest BCUT2D eigenvalue weighted by atomic mass is 16.2. The van der Waals surface area contributed by atoms with Gasteiger partial charge in [0, 0.05) is 13.1 Å². The third-order valence-electron chi connectivity index (χ3n) is 5.61. The molecule has 2 aliphatic heterocycles. The van der Waals surface area contributed by atoms with E-state index in [4.69, 9.17) is 0 Å². The van der Waals surface area contributed by atoms with Crippen molar-refractivity contribution in [3.05, 3.63) is 30.5 Å². The number of aromatic nitrogens is 1. The lowest BCUT2D eigenvalue weighted by Gasteiger charge is -2.27. The Morgan fingerprint density at radius 3 is 2.30 bits per heavy atom. The van der Waals surface area contributed by atoms with Crippen LogP contribution in [0.15, 0.2) is 30.5 Å². The lowest BCUT2D eigenvalue weighted by atomic mass is 9.85. The van der Waals surface area contributed by atoms with E-state index in [1.807, 2.05) is 24.3 Å². The van der Waals surface area contributed by atoms with Gasteiger partial charge in [-0.25, -0.2) is 4.98 Å². The molecule has 142 valence electrons. The van der Waals surface area contributed by atoms with Gasteiger partial charge in [-0.1, -0.05) is 12.2 Å². The number of hydrogen-bond donors (Lipinski definition) is 1. The van der Waals surface area contributed by atoms with Crippen LogP contribution in [0.1, 0.15) is 32.1 Å². The van der Waals surface area contributed by atoms with E-state index < -0.39 is 0 Å². The number of likely N-dealkylation sites (tertiary alicyclic amines) is 1. The fraction of sp³-hybridized carbons (Fsp3) is 0.500. The number of piperidine rings is 1. The number of anilines is 2. The van der Waals surface area contributed by atoms with Gasteiger partial charge in [0.05, 0.1) is 23.7 Å². The molecule has 3 aliphatic rings. The molecular weight excluding hydrogens is 344 g/mol. The maximum atomic E-state index is 12.4. The summed E-state index contributed by atoms with van der Waals surface area (Å²) in [5, 5.41) is 2.74. The van der Waals surface area contributed by atoms with Crippen molar-refractivity contribution in [3.63, 3.8) is 0 Å². The van der Waals surface area contributed by atoms with Crippen molar-refractivity contribution in [1.82, 2.24) is 9.88 Å². The van der Waals surface area contributed by atoms with Gasteiger partial charge in [0.2, 0.25) is 17.7 Å². The summed E-state index contributed by atoms with van der Waals surface area (Å²) in [6.07, 6.45) is 10.3. The predicted molar refractivity (Wildman–Crippen MR) is 101 cm³/mol. The van der Waals surface area contributed by atoms with E-state index in [1.165, 1.54) is 19.3 Å². The van der Waals surface area contributed by atoms with Crippen LogP contribution >= 0.6 is 0 Å². The molecule has 4 rings (SSSR count). The zero-order chi connectivity index (χ0) is 18.8. The number of carbonyl (C=O) groups excluding carboxylic acids is 3. The molecule has 7 nitrogen and oxygen atoms in total. The molecule has 1 aromatic rings. The van der Waals surface area contributed by atoms with Gasteiger partial charge >= 0.3 is 0 Å². The van der Waals surface area contributed by atoms with Crippen molar-refractivity contribution in [3.8, 4) is 0 Å². The van der Waals surface area contributed by atoms with Crippen molar-refractivity contribution in [2.45, 2.75) is 32.1 Å². The molecule has 0 aromatic carbocycles. The molecule has 1 aliphatic carbocycles. The minimum Gasteiger partial charge on any atom is -0.357 e. The Bertz CT molecular complexity index is 742. The Morgan fingerprint density at radius 2 is 1.70 bits per heavy atom. The van der Waals surface area contributed by atoms with Crippen molar-refractivity contribution in [2.24, 2.45) is 11.8 Å². The minimum atomic E-state index is -0.379. The molecule has 1 aromatic heterocycles. The molecular formula is C20H24N4O3. The first-order chi connectivity index (χ1) is 13.1. The van der Waals surface area contributed by atoms with Gasteiger partial charge in [-0.3, -0.25) is 19.3 Å². The number of pyridine rings is 1. The summed E-state index contributed by atoms with van der Waals surface area (Å²) in [4.78, 5) is 45.0. The Kier molecular flexibility index (Phi) is 4.92. The van der Waals surface area contributed by atoms with Crippen LogP contribution < -0.4 is 10.2 Å². The van der Waals surface area contributed by atoms with Crippen molar-refractivity contribution in [2.75, 3.05) is 29.9 Å². The Balaban J connectivity index is 1.35. The monoisotopic (exact) mass is 368 g/mol. The van der Waals surface area contributed by atoms with Gasteiger partial charge in [0.15, 0.2) is 0 Å². The Hall–Kier alpha value is -2.70. The number of rotatable bonds is 4. The molecule has 0 saturated carbocycles. The summed E-state index contributed by atoms with van der Waals surface area (Å²) in [6, 6.07) is 3.71. The first-order valence-electron chi connectivity index (χ1n) is 9.64. The molecule has 2 atom stereocenters. The third kappa shape index (κ3) is 3.59. The number of hydrogen-bond acceptors (Lipinski definition) is 5. The third-order valence-corrected chi connectivity index (χ3v) is 5.61. The maximum absolute atomic E-state index is 12.4. The fourth-order valence-corrected chi connectivity index (χ4v) is 4.14. The number of imide groups is 1. The average Bonchev–Trinajstić information content (AvgIpc) is 2.94. The highest BCUT2D eigenvalue weighted by Crippen LogP contribution is 2.34. The van der Waals surface area contributed by atoms with E-state index in [0.29, 0.717) is 18.5 Å². The molecule has 0 bridgehead atoms. The van der Waals surface area contributed by atoms with Crippen LogP contribution in [0, 0.1) is 11.8 Å². The van der Waals surface area contributed by atoms with Gasteiger partial charge in [0.25, 0.3) is 0 Å². The summed E-state index contributed by atoms with van der Waals surface area (Å²) in [5.41, 5.74) is 0.568. The van der Waals surface area contributed by atoms with Crippen LogP contribution in [0.2, 0.25) is 0 Å². The second kappa shape index (κ2) is 7.50. The van der Waals surface area contributed by atoms with Gasteiger partial charge in [0.1, 0.15) is 12.4 Å². The lowest BCUT2D eigenvalue weighted by molar-refractivity contribution is -0.142. The number of amides is 3. The van der Waals surface area contributed by atoms with E-state index >= 15 is 0 Å². The normalized spacial score (nSPS) is 24.9. The standard InChI is InChI=1S/C20H24N4O3/c25-18(13-24-19(26)15-6-2-3-7-16(15)20(24)27)22-14-8-9-17(21-12-14)23-10-4-1-5-11-23/h2-3,8-9,12,15-16H,1,4-7,10-11,13H2,(H,22,25)/t15-,16+. The van der Waals surface area contributed by atoms with E-state index in [0.717, 1.165) is 23.8 Å². The number of carbonyl (C=O) groups is 3. The van der Waals surface area contributed by atoms with Crippen molar-refractivity contribution >= 4 is 29.2 Å². The molecule has 27 heavy (non-hydrogen) atoms. The summed E-state index contributed by atoms with van der Waals surface area (Å²) >= 11 is 0. The number of fused-ring (bicyclic) bond motifs is 1. The molecule has 3 amide bonds. The van der Waals surface area contributed by atoms with Crippen LogP contribution in [-0.2, 0) is 14.4 Å². The summed E-state index contributed by atoms with van der Waals surface area (Å²) < 4.78 is 0. The van der Waals surface area contributed by atoms with Gasteiger partial charge in [-0.2, -0.15) is 0 Å². The molecule has 7 heteroatoms. The SMILES string of the molecule is O=C(CN1C(=O)[C@H]2CC=CC[C@H]2C1=O)Nc1ccc(N2CCCCC2)nc1. The smallest absolute Gasteiger partial charge is 0.244 e. The molecule has 0 unspecified atom stereocenters. The molecule has 0 spiro atoms. The summed E-state index contributed by atoms with van der Waals surface area (Å²) in [7, 11) is 0. The van der Waals surface area contributed by atoms with E-state index in [9.17, 15) is 14.4 Å². The summed E-state index contributed by atoms with van der Waals surface area (Å²) in [5.74, 6) is -0.544. The number of allylic oxidation sites excluding steroid dienone is 2. The zero-order valence-corrected chi connectivity index (χ0v) is 15.3. The topological polar surface area (TPSA) is 82.6 Å². The number of nitrogens with zero attached hydrogens (tertiary/aromatic N) is 3. The van der Waals surface area contributed by atoms with Crippen LogP contribution in [-0.4, -0.2) is 47.2 Å². The molecule has 1 N–H and O–H groups in total. The lowest BCUT2D eigenvalue weighted by Crippen LogP contribution is -2.38. The first-order valence-corrected chi connectivity index (χ1v) is 9.64. The quantitative estimate of drug-likeness (QED) is 0.649. The Labute approximate surface area is 158 Å². The minimum absolute atomic E-state index is 0.233. The zero-order valence-electron chi connectivity index (χ0n) is 15.3. The predicted octanol–water partition coefficient (Wildman–Crippen LogP) is 1.96. The van der Waals surface area contributed by atoms with Crippen LogP contribution in [0.25, 0.3) is 0 Å². The van der Waals surface area contributed by atoms with Gasteiger partial charge < -0.3 is 10.2 Å². The second-order valence-electron chi connectivity index (χ2n) is 7.42. The Morgan fingerprint density at radius 1 is 1.04 bits per heavy atom. The first kappa shape index (κ1) is 17.7. The molecule has 0 radical (unpaired) electrons.